The number of benzene rings is 2. The van der Waals surface area contributed by atoms with E-state index in [1.165, 1.54) is 21.3 Å². The van der Waals surface area contributed by atoms with Crippen molar-refractivity contribution in [3.8, 4) is 34.5 Å². The van der Waals surface area contributed by atoms with Gasteiger partial charge in [0.05, 0.1) is 35.5 Å². The fraction of sp³-hybridized carbons (Fsp3) is 0.385. The van der Waals surface area contributed by atoms with E-state index >= 15 is 0 Å². The first-order chi connectivity index (χ1) is 16.8. The molecule has 2 aliphatic rings. The van der Waals surface area contributed by atoms with Gasteiger partial charge in [-0.05, 0) is 47.7 Å². The molecule has 0 radical (unpaired) electrons. The Morgan fingerprint density at radius 3 is 1.80 bits per heavy atom. The Morgan fingerprint density at radius 2 is 1.29 bits per heavy atom. The molecule has 0 aromatic heterocycles. The number of ketones is 1. The van der Waals surface area contributed by atoms with Crippen LogP contribution >= 0.6 is 0 Å². The van der Waals surface area contributed by atoms with Crippen molar-refractivity contribution in [1.82, 2.24) is 5.32 Å². The molecule has 0 spiro atoms. The number of hydrogen-bond acceptors (Lipinski definition) is 8. The summed E-state index contributed by atoms with van der Waals surface area (Å²) in [6.07, 6.45) is 0.834. The molecule has 0 bridgehead atoms. The van der Waals surface area contributed by atoms with Crippen LogP contribution in [0.3, 0.4) is 0 Å². The largest absolute Gasteiger partial charge is 0.502 e. The molecule has 1 heterocycles. The molecule has 186 valence electrons. The number of carbonyl (C=O) groups excluding carboxylic acids is 2. The van der Waals surface area contributed by atoms with Crippen LogP contribution in [0.5, 0.6) is 34.5 Å². The average molecular weight is 484 g/mol. The summed E-state index contributed by atoms with van der Waals surface area (Å²) < 4.78 is 26.9. The molecule has 0 saturated carbocycles. The lowest BCUT2D eigenvalue weighted by molar-refractivity contribution is -0.122. The zero-order valence-corrected chi connectivity index (χ0v) is 20.4. The molecule has 1 amide bonds. The molecule has 2 aromatic rings. The summed E-state index contributed by atoms with van der Waals surface area (Å²) in [7, 11) is 7.49. The quantitative estimate of drug-likeness (QED) is 0.616. The molecule has 2 unspecified atom stereocenters. The molecule has 35 heavy (non-hydrogen) atoms. The average Bonchev–Trinajstić information content (AvgIpc) is 2.86. The number of aromatic hydroxyl groups is 1. The molecule has 4 rings (SSSR count). The third-order valence-corrected chi connectivity index (χ3v) is 6.60. The Bertz CT molecular complexity index is 1150. The minimum absolute atomic E-state index is 0.0546. The van der Waals surface area contributed by atoms with Crippen molar-refractivity contribution in [2.45, 2.75) is 31.1 Å². The van der Waals surface area contributed by atoms with Crippen molar-refractivity contribution in [1.29, 1.82) is 0 Å². The summed E-state index contributed by atoms with van der Waals surface area (Å²) in [5.41, 5.74) is 2.69. The summed E-state index contributed by atoms with van der Waals surface area (Å²) in [5.74, 6) is 0.878. The van der Waals surface area contributed by atoms with Gasteiger partial charge in [-0.3, -0.25) is 9.59 Å². The van der Waals surface area contributed by atoms with Gasteiger partial charge in [0.1, 0.15) is 0 Å². The van der Waals surface area contributed by atoms with Gasteiger partial charge in [0.15, 0.2) is 28.8 Å². The standard InChI is InChI=1S/C26H29NO8/c1-31-19-10-15(11-20(32-2)25(19)30)16-12-23(29)27-17-6-13(7-18(28)24(16)17)14-8-21(33-3)26(35-5)22(9-14)34-4/h8-11,13,16,30H,6-7,12H2,1-5H3,(H,27,29). The fourth-order valence-corrected chi connectivity index (χ4v) is 4.93. The monoisotopic (exact) mass is 483 g/mol. The van der Waals surface area contributed by atoms with E-state index in [2.05, 4.69) is 5.32 Å². The van der Waals surface area contributed by atoms with Gasteiger partial charge in [0.2, 0.25) is 17.4 Å². The lowest BCUT2D eigenvalue weighted by Gasteiger charge is -2.35. The predicted octanol–water partition coefficient (Wildman–Crippen LogP) is 3.44. The van der Waals surface area contributed by atoms with Crippen molar-refractivity contribution >= 4 is 11.7 Å². The molecular formula is C26H29NO8. The van der Waals surface area contributed by atoms with Gasteiger partial charge in [-0.15, -0.1) is 0 Å². The predicted molar refractivity (Wildman–Crippen MR) is 127 cm³/mol. The lowest BCUT2D eigenvalue weighted by atomic mass is 9.73. The van der Waals surface area contributed by atoms with Crippen molar-refractivity contribution in [2.75, 3.05) is 35.5 Å². The first kappa shape index (κ1) is 24.3. The Hall–Kier alpha value is -3.88. The normalized spacial score (nSPS) is 19.6. The second kappa shape index (κ2) is 9.77. The summed E-state index contributed by atoms with van der Waals surface area (Å²) in [6, 6.07) is 6.96. The Morgan fingerprint density at radius 1 is 0.743 bits per heavy atom. The SMILES string of the molecule is COc1cc(C2CC(=O)NC3=C2C(=O)CC(c2cc(OC)c(OC)c(OC)c2)C3)cc(OC)c1O. The number of rotatable bonds is 7. The van der Waals surface area contributed by atoms with E-state index in [1.54, 1.807) is 26.4 Å². The zero-order valence-electron chi connectivity index (χ0n) is 20.4. The van der Waals surface area contributed by atoms with Gasteiger partial charge in [-0.2, -0.15) is 0 Å². The van der Waals surface area contributed by atoms with Gasteiger partial charge < -0.3 is 34.1 Å². The second-order valence-electron chi connectivity index (χ2n) is 8.46. The first-order valence-corrected chi connectivity index (χ1v) is 11.2. The minimum atomic E-state index is -0.476. The number of phenols is 1. The van der Waals surface area contributed by atoms with Crippen molar-refractivity contribution < 1.29 is 38.4 Å². The van der Waals surface area contributed by atoms with Crippen LogP contribution in [0, 0.1) is 0 Å². The van der Waals surface area contributed by atoms with Crippen molar-refractivity contribution in [3.05, 3.63) is 46.7 Å². The van der Waals surface area contributed by atoms with Crippen LogP contribution in [0.2, 0.25) is 0 Å². The Labute approximate surface area is 203 Å². The molecule has 9 nitrogen and oxygen atoms in total. The Kier molecular flexibility index (Phi) is 6.77. The maximum Gasteiger partial charge on any atom is 0.225 e. The van der Waals surface area contributed by atoms with Crippen LogP contribution in [0.25, 0.3) is 0 Å². The number of nitrogens with one attached hydrogen (secondary N) is 1. The highest BCUT2D eigenvalue weighted by Gasteiger charge is 2.39. The molecule has 9 heteroatoms. The third-order valence-electron chi connectivity index (χ3n) is 6.60. The molecule has 2 N–H and O–H groups in total. The van der Waals surface area contributed by atoms with Gasteiger partial charge in [-0.1, -0.05) is 0 Å². The highest BCUT2D eigenvalue weighted by molar-refractivity contribution is 6.02. The number of amides is 1. The minimum Gasteiger partial charge on any atom is -0.502 e. The summed E-state index contributed by atoms with van der Waals surface area (Å²) in [6.45, 7) is 0. The zero-order chi connectivity index (χ0) is 25.3. The number of phenolic OH excluding ortho intramolecular Hbond substituents is 1. The topological polar surface area (TPSA) is 113 Å². The van der Waals surface area contributed by atoms with Crippen LogP contribution in [0.4, 0.5) is 0 Å². The molecule has 2 atom stereocenters. The van der Waals surface area contributed by atoms with Crippen molar-refractivity contribution in [2.24, 2.45) is 0 Å². The van der Waals surface area contributed by atoms with E-state index in [0.29, 0.717) is 40.5 Å². The summed E-state index contributed by atoms with van der Waals surface area (Å²) in [5, 5.41) is 13.2. The first-order valence-electron chi connectivity index (χ1n) is 11.2. The maximum atomic E-state index is 13.5. The van der Waals surface area contributed by atoms with Crippen LogP contribution in [-0.4, -0.2) is 52.3 Å². The highest BCUT2D eigenvalue weighted by atomic mass is 16.5. The van der Waals surface area contributed by atoms with Gasteiger partial charge in [0, 0.05) is 30.0 Å². The number of Topliss-reactive ketones (excluding diaryl/α,β-unsaturated/α-hetero) is 1. The van der Waals surface area contributed by atoms with Gasteiger partial charge >= 0.3 is 0 Å². The second-order valence-corrected chi connectivity index (χ2v) is 8.46. The van der Waals surface area contributed by atoms with E-state index in [1.807, 2.05) is 12.1 Å². The number of methoxy groups -OCH3 is 5. The van der Waals surface area contributed by atoms with E-state index < -0.39 is 5.92 Å². The van der Waals surface area contributed by atoms with E-state index in [0.717, 1.165) is 5.56 Å². The fourth-order valence-electron chi connectivity index (χ4n) is 4.93. The number of ether oxygens (including phenoxy) is 5. The number of carbonyl (C=O) groups is 2. The third kappa shape index (κ3) is 4.34. The van der Waals surface area contributed by atoms with Gasteiger partial charge in [0.25, 0.3) is 0 Å². The Balaban J connectivity index is 1.75. The molecule has 2 aromatic carbocycles. The lowest BCUT2D eigenvalue weighted by Crippen LogP contribution is -2.38. The van der Waals surface area contributed by atoms with Crippen LogP contribution < -0.4 is 29.0 Å². The van der Waals surface area contributed by atoms with Crippen LogP contribution in [0.15, 0.2) is 35.5 Å². The number of hydrogen-bond donors (Lipinski definition) is 2. The highest BCUT2D eigenvalue weighted by Crippen LogP contribution is 2.48. The maximum absolute atomic E-state index is 13.5. The molecule has 1 aliphatic carbocycles. The molecule has 1 aliphatic heterocycles. The smallest absolute Gasteiger partial charge is 0.225 e. The van der Waals surface area contributed by atoms with Gasteiger partial charge in [-0.25, -0.2) is 0 Å². The van der Waals surface area contributed by atoms with Crippen LogP contribution in [-0.2, 0) is 9.59 Å². The molecule has 0 fully saturated rings. The number of allylic oxidation sites excluding steroid dienone is 2. The molecular weight excluding hydrogens is 454 g/mol. The van der Waals surface area contributed by atoms with E-state index in [9.17, 15) is 14.7 Å². The van der Waals surface area contributed by atoms with Crippen molar-refractivity contribution in [3.63, 3.8) is 0 Å². The summed E-state index contributed by atoms with van der Waals surface area (Å²) in [4.78, 5) is 26.2. The van der Waals surface area contributed by atoms with E-state index in [4.69, 9.17) is 23.7 Å². The van der Waals surface area contributed by atoms with E-state index in [-0.39, 0.29) is 47.7 Å². The van der Waals surface area contributed by atoms with Crippen LogP contribution in [0.1, 0.15) is 42.2 Å². The summed E-state index contributed by atoms with van der Waals surface area (Å²) >= 11 is 0. The molecule has 0 saturated heterocycles.